The third kappa shape index (κ3) is 3.40. The standard InChI is InChI=1S/C11H19NO2/c1-3-12-11(13)14-9(2)10-7-5-4-6-8-10/h3,9-10H,1,4-8H2,2H3,(H,12,13). The molecule has 1 aliphatic carbocycles. The average Bonchev–Trinajstić information content (AvgIpc) is 2.19. The molecule has 0 spiro atoms. The molecule has 0 aliphatic heterocycles. The summed E-state index contributed by atoms with van der Waals surface area (Å²) in [7, 11) is 0. The van der Waals surface area contributed by atoms with Gasteiger partial charge in [-0.05, 0) is 31.9 Å². The quantitative estimate of drug-likeness (QED) is 0.755. The summed E-state index contributed by atoms with van der Waals surface area (Å²) < 4.78 is 5.21. The molecule has 0 aromatic heterocycles. The van der Waals surface area contributed by atoms with Gasteiger partial charge >= 0.3 is 6.09 Å². The molecule has 1 atom stereocenters. The maximum Gasteiger partial charge on any atom is 0.411 e. The highest BCUT2D eigenvalue weighted by atomic mass is 16.6. The summed E-state index contributed by atoms with van der Waals surface area (Å²) in [4.78, 5) is 11.1. The van der Waals surface area contributed by atoms with Gasteiger partial charge in [0.1, 0.15) is 6.10 Å². The molecule has 1 amide bonds. The van der Waals surface area contributed by atoms with Crippen LogP contribution in [-0.2, 0) is 4.74 Å². The summed E-state index contributed by atoms with van der Waals surface area (Å²) >= 11 is 0. The minimum atomic E-state index is -0.391. The first kappa shape index (κ1) is 11.1. The van der Waals surface area contributed by atoms with Crippen molar-refractivity contribution in [3.8, 4) is 0 Å². The fourth-order valence-electron chi connectivity index (χ4n) is 1.99. The second-order valence-electron chi connectivity index (χ2n) is 3.86. The summed E-state index contributed by atoms with van der Waals surface area (Å²) in [6.45, 7) is 5.38. The van der Waals surface area contributed by atoms with Crippen LogP contribution in [-0.4, -0.2) is 12.2 Å². The molecular weight excluding hydrogens is 178 g/mol. The van der Waals surface area contributed by atoms with Gasteiger partial charge in [-0.15, -0.1) is 0 Å². The Hall–Kier alpha value is -0.990. The van der Waals surface area contributed by atoms with E-state index in [1.807, 2.05) is 6.92 Å². The summed E-state index contributed by atoms with van der Waals surface area (Å²) in [5.74, 6) is 0.541. The van der Waals surface area contributed by atoms with Crippen LogP contribution in [0.25, 0.3) is 0 Å². The Bertz CT molecular complexity index is 197. The molecule has 3 heteroatoms. The highest BCUT2D eigenvalue weighted by molar-refractivity contribution is 5.68. The van der Waals surface area contributed by atoms with Crippen LogP contribution >= 0.6 is 0 Å². The second-order valence-corrected chi connectivity index (χ2v) is 3.86. The van der Waals surface area contributed by atoms with E-state index < -0.39 is 6.09 Å². The lowest BCUT2D eigenvalue weighted by molar-refractivity contribution is 0.0618. The Morgan fingerprint density at radius 3 is 2.71 bits per heavy atom. The zero-order chi connectivity index (χ0) is 10.4. The van der Waals surface area contributed by atoms with Gasteiger partial charge in [-0.25, -0.2) is 4.79 Å². The third-order valence-corrected chi connectivity index (χ3v) is 2.83. The number of hydrogen-bond donors (Lipinski definition) is 1. The van der Waals surface area contributed by atoms with Gasteiger partial charge in [0.15, 0.2) is 0 Å². The largest absolute Gasteiger partial charge is 0.446 e. The van der Waals surface area contributed by atoms with E-state index in [0.29, 0.717) is 5.92 Å². The number of hydrogen-bond acceptors (Lipinski definition) is 2. The van der Waals surface area contributed by atoms with E-state index in [2.05, 4.69) is 11.9 Å². The smallest absolute Gasteiger partial charge is 0.411 e. The SMILES string of the molecule is C=CNC(=O)OC(C)C1CCCCC1. The van der Waals surface area contributed by atoms with Crippen molar-refractivity contribution in [2.75, 3.05) is 0 Å². The van der Waals surface area contributed by atoms with Gasteiger partial charge in [-0.1, -0.05) is 25.8 Å². The van der Waals surface area contributed by atoms with Crippen molar-refractivity contribution in [1.82, 2.24) is 5.32 Å². The number of ether oxygens (including phenoxy) is 1. The molecule has 1 rings (SSSR count). The van der Waals surface area contributed by atoms with E-state index in [9.17, 15) is 4.79 Å². The molecule has 3 nitrogen and oxygen atoms in total. The molecule has 1 fully saturated rings. The van der Waals surface area contributed by atoms with E-state index >= 15 is 0 Å². The number of nitrogens with one attached hydrogen (secondary N) is 1. The molecule has 0 saturated heterocycles. The molecule has 1 saturated carbocycles. The minimum Gasteiger partial charge on any atom is -0.446 e. The van der Waals surface area contributed by atoms with Crippen LogP contribution in [0.1, 0.15) is 39.0 Å². The van der Waals surface area contributed by atoms with Crippen LogP contribution < -0.4 is 5.32 Å². The summed E-state index contributed by atoms with van der Waals surface area (Å²) in [5.41, 5.74) is 0. The molecule has 1 N–H and O–H groups in total. The van der Waals surface area contributed by atoms with E-state index in [0.717, 1.165) is 0 Å². The number of carbonyl (C=O) groups is 1. The van der Waals surface area contributed by atoms with Crippen molar-refractivity contribution in [3.63, 3.8) is 0 Å². The first-order chi connectivity index (χ1) is 6.74. The Balaban J connectivity index is 2.28. The topological polar surface area (TPSA) is 38.3 Å². The molecule has 0 aromatic rings. The summed E-state index contributed by atoms with van der Waals surface area (Å²) in [6.07, 6.45) is 7.19. The average molecular weight is 197 g/mol. The second kappa shape index (κ2) is 5.68. The van der Waals surface area contributed by atoms with Gasteiger partial charge in [0.05, 0.1) is 0 Å². The molecule has 0 heterocycles. The molecule has 14 heavy (non-hydrogen) atoms. The molecule has 1 unspecified atom stereocenters. The highest BCUT2D eigenvalue weighted by Crippen LogP contribution is 2.27. The number of rotatable bonds is 3. The molecule has 80 valence electrons. The van der Waals surface area contributed by atoms with Crippen LogP contribution in [0.2, 0.25) is 0 Å². The van der Waals surface area contributed by atoms with Crippen LogP contribution in [0.4, 0.5) is 4.79 Å². The van der Waals surface area contributed by atoms with Crippen molar-refractivity contribution in [2.24, 2.45) is 5.92 Å². The number of amides is 1. The molecule has 0 aromatic carbocycles. The van der Waals surface area contributed by atoms with Gasteiger partial charge in [0, 0.05) is 0 Å². The lowest BCUT2D eigenvalue weighted by atomic mass is 9.86. The molecule has 1 aliphatic rings. The van der Waals surface area contributed by atoms with Gasteiger partial charge in [0.2, 0.25) is 0 Å². The minimum absolute atomic E-state index is 0.0234. The molecule has 0 radical (unpaired) electrons. The molecule has 0 bridgehead atoms. The Morgan fingerprint density at radius 1 is 1.50 bits per heavy atom. The van der Waals surface area contributed by atoms with Crippen molar-refractivity contribution in [1.29, 1.82) is 0 Å². The van der Waals surface area contributed by atoms with Gasteiger partial charge in [-0.3, -0.25) is 5.32 Å². The number of carbonyl (C=O) groups excluding carboxylic acids is 1. The van der Waals surface area contributed by atoms with Crippen molar-refractivity contribution < 1.29 is 9.53 Å². The first-order valence-electron chi connectivity index (χ1n) is 5.32. The van der Waals surface area contributed by atoms with E-state index in [1.165, 1.54) is 38.3 Å². The van der Waals surface area contributed by atoms with Gasteiger partial charge < -0.3 is 4.74 Å². The van der Waals surface area contributed by atoms with E-state index in [4.69, 9.17) is 4.74 Å². The van der Waals surface area contributed by atoms with E-state index in [1.54, 1.807) is 0 Å². The van der Waals surface area contributed by atoms with Crippen LogP contribution in [0.5, 0.6) is 0 Å². The lowest BCUT2D eigenvalue weighted by Crippen LogP contribution is -2.29. The maximum absolute atomic E-state index is 11.1. The third-order valence-electron chi connectivity index (χ3n) is 2.83. The zero-order valence-electron chi connectivity index (χ0n) is 8.79. The Morgan fingerprint density at radius 2 is 2.14 bits per heavy atom. The Kier molecular flexibility index (Phi) is 4.50. The lowest BCUT2D eigenvalue weighted by Gasteiger charge is -2.27. The predicted molar refractivity (Wildman–Crippen MR) is 55.9 cm³/mol. The number of alkyl carbamates (subject to hydrolysis) is 1. The normalized spacial score (nSPS) is 19.8. The van der Waals surface area contributed by atoms with Crippen molar-refractivity contribution in [2.45, 2.75) is 45.1 Å². The van der Waals surface area contributed by atoms with Crippen molar-refractivity contribution >= 4 is 6.09 Å². The summed E-state index contributed by atoms with van der Waals surface area (Å²) in [5, 5.41) is 2.42. The zero-order valence-corrected chi connectivity index (χ0v) is 8.79. The van der Waals surface area contributed by atoms with Gasteiger partial charge in [-0.2, -0.15) is 0 Å². The predicted octanol–water partition coefficient (Wildman–Crippen LogP) is 2.82. The summed E-state index contributed by atoms with van der Waals surface area (Å²) in [6, 6.07) is 0. The van der Waals surface area contributed by atoms with Crippen LogP contribution in [0.3, 0.4) is 0 Å². The fraction of sp³-hybridized carbons (Fsp3) is 0.727. The monoisotopic (exact) mass is 197 g/mol. The van der Waals surface area contributed by atoms with E-state index in [-0.39, 0.29) is 6.10 Å². The molecular formula is C11H19NO2. The van der Waals surface area contributed by atoms with Crippen LogP contribution in [0.15, 0.2) is 12.8 Å². The van der Waals surface area contributed by atoms with Crippen molar-refractivity contribution in [3.05, 3.63) is 12.8 Å². The fourth-order valence-corrected chi connectivity index (χ4v) is 1.99. The maximum atomic E-state index is 11.1. The first-order valence-corrected chi connectivity index (χ1v) is 5.32. The van der Waals surface area contributed by atoms with Gasteiger partial charge in [0.25, 0.3) is 0 Å². The van der Waals surface area contributed by atoms with Crippen LogP contribution in [0, 0.1) is 5.92 Å². The highest BCUT2D eigenvalue weighted by Gasteiger charge is 2.22. The Labute approximate surface area is 85.5 Å².